The van der Waals surface area contributed by atoms with E-state index in [9.17, 15) is 5.11 Å². The normalized spacial score (nSPS) is 10.6. The second-order valence-electron chi connectivity index (χ2n) is 6.03. The molecule has 26 heavy (non-hydrogen) atoms. The van der Waals surface area contributed by atoms with Crippen LogP contribution >= 0.6 is 23.2 Å². The van der Waals surface area contributed by atoms with Crippen molar-refractivity contribution < 1.29 is 9.84 Å². The van der Waals surface area contributed by atoms with Crippen molar-refractivity contribution in [3.05, 3.63) is 87.4 Å². The standard InChI is InChI=1S/C21H19Cl2NO2/c1-14-5-4-6-15(9-14)13-26-20-8-3-2-7-16(20)12-24-17-10-18(22)21(25)19(23)11-17/h2-11,24-25H,12-13H2,1H3. The fraction of sp³-hybridized carbons (Fsp3) is 0.143. The molecule has 3 rings (SSSR count). The summed E-state index contributed by atoms with van der Waals surface area (Å²) in [6.45, 7) is 3.12. The van der Waals surface area contributed by atoms with Crippen molar-refractivity contribution in [1.82, 2.24) is 0 Å². The molecule has 5 heteroatoms. The Morgan fingerprint density at radius 3 is 2.42 bits per heavy atom. The van der Waals surface area contributed by atoms with Crippen LogP contribution in [-0.2, 0) is 13.2 Å². The second kappa shape index (κ2) is 8.35. The van der Waals surface area contributed by atoms with Crippen molar-refractivity contribution in [3.8, 4) is 11.5 Å². The van der Waals surface area contributed by atoms with Gasteiger partial charge >= 0.3 is 0 Å². The van der Waals surface area contributed by atoms with Gasteiger partial charge in [0.15, 0.2) is 5.75 Å². The third kappa shape index (κ3) is 4.63. The van der Waals surface area contributed by atoms with Crippen LogP contribution in [0.2, 0.25) is 10.0 Å². The maximum Gasteiger partial charge on any atom is 0.152 e. The Morgan fingerprint density at radius 2 is 1.69 bits per heavy atom. The average molecular weight is 388 g/mol. The number of nitrogens with one attached hydrogen (secondary N) is 1. The van der Waals surface area contributed by atoms with Gasteiger partial charge in [-0.3, -0.25) is 0 Å². The van der Waals surface area contributed by atoms with Gasteiger partial charge in [-0.1, -0.05) is 71.2 Å². The van der Waals surface area contributed by atoms with Crippen LogP contribution in [0.4, 0.5) is 5.69 Å². The highest BCUT2D eigenvalue weighted by atomic mass is 35.5. The number of aryl methyl sites for hydroxylation is 1. The Hall–Kier alpha value is -2.36. The number of hydrogen-bond donors (Lipinski definition) is 2. The zero-order valence-electron chi connectivity index (χ0n) is 14.3. The largest absolute Gasteiger partial charge is 0.505 e. The molecule has 0 heterocycles. The minimum absolute atomic E-state index is 0.110. The minimum atomic E-state index is -0.110. The summed E-state index contributed by atoms with van der Waals surface area (Å²) in [4.78, 5) is 0. The van der Waals surface area contributed by atoms with Crippen molar-refractivity contribution in [2.24, 2.45) is 0 Å². The zero-order valence-corrected chi connectivity index (χ0v) is 15.8. The number of ether oxygens (including phenoxy) is 1. The Labute approximate surface area is 163 Å². The van der Waals surface area contributed by atoms with Gasteiger partial charge < -0.3 is 15.2 Å². The first-order valence-electron chi connectivity index (χ1n) is 8.21. The molecule has 0 unspecified atom stereocenters. The molecule has 3 aromatic carbocycles. The summed E-state index contributed by atoms with van der Waals surface area (Å²) in [6.07, 6.45) is 0. The first-order valence-corrected chi connectivity index (χ1v) is 8.96. The Bertz CT molecular complexity index is 889. The predicted octanol–water partition coefficient (Wildman–Crippen LogP) is 6.20. The number of phenolic OH excluding ortho intramolecular Hbond substituents is 1. The summed E-state index contributed by atoms with van der Waals surface area (Å²) in [5.41, 5.74) is 4.08. The van der Waals surface area contributed by atoms with E-state index in [2.05, 4.69) is 24.4 Å². The van der Waals surface area contributed by atoms with Crippen molar-refractivity contribution in [3.63, 3.8) is 0 Å². The smallest absolute Gasteiger partial charge is 0.152 e. The number of phenols is 1. The van der Waals surface area contributed by atoms with Crippen molar-refractivity contribution in [2.75, 3.05) is 5.32 Å². The van der Waals surface area contributed by atoms with Gasteiger partial charge in [-0.15, -0.1) is 0 Å². The second-order valence-corrected chi connectivity index (χ2v) is 6.84. The molecule has 0 bridgehead atoms. The van der Waals surface area contributed by atoms with Crippen LogP contribution in [-0.4, -0.2) is 5.11 Å². The molecule has 0 saturated carbocycles. The van der Waals surface area contributed by atoms with E-state index in [1.54, 1.807) is 12.1 Å². The van der Waals surface area contributed by atoms with Gasteiger partial charge in [-0.25, -0.2) is 0 Å². The number of anilines is 1. The number of aromatic hydroxyl groups is 1. The van der Waals surface area contributed by atoms with E-state index < -0.39 is 0 Å². The van der Waals surface area contributed by atoms with Crippen LogP contribution in [0.1, 0.15) is 16.7 Å². The Balaban J connectivity index is 1.69. The summed E-state index contributed by atoms with van der Waals surface area (Å²) >= 11 is 11.9. The highest BCUT2D eigenvalue weighted by molar-refractivity contribution is 6.37. The number of rotatable bonds is 6. The lowest BCUT2D eigenvalue weighted by Gasteiger charge is -2.14. The fourth-order valence-electron chi connectivity index (χ4n) is 2.62. The van der Waals surface area contributed by atoms with E-state index >= 15 is 0 Å². The molecule has 0 aromatic heterocycles. The molecule has 0 amide bonds. The molecule has 3 aromatic rings. The van der Waals surface area contributed by atoms with Gasteiger partial charge in [0.05, 0.1) is 10.0 Å². The quantitative estimate of drug-likeness (QED) is 0.494. The van der Waals surface area contributed by atoms with Gasteiger partial charge in [-0.05, 0) is 30.7 Å². The Morgan fingerprint density at radius 1 is 0.962 bits per heavy atom. The van der Waals surface area contributed by atoms with Crippen LogP contribution in [0, 0.1) is 6.92 Å². The topological polar surface area (TPSA) is 41.5 Å². The molecule has 134 valence electrons. The first-order chi connectivity index (χ1) is 12.5. The van der Waals surface area contributed by atoms with E-state index in [4.69, 9.17) is 27.9 Å². The molecule has 0 aliphatic rings. The maximum atomic E-state index is 9.65. The third-order valence-electron chi connectivity index (χ3n) is 3.95. The molecule has 0 fully saturated rings. The summed E-state index contributed by atoms with van der Waals surface area (Å²) in [7, 11) is 0. The van der Waals surface area contributed by atoms with Crippen LogP contribution in [0.25, 0.3) is 0 Å². The minimum Gasteiger partial charge on any atom is -0.505 e. The molecular formula is C21H19Cl2NO2. The van der Waals surface area contributed by atoms with Crippen molar-refractivity contribution in [1.29, 1.82) is 0 Å². The average Bonchev–Trinajstić information content (AvgIpc) is 2.63. The summed E-state index contributed by atoms with van der Waals surface area (Å²) in [5.74, 6) is 0.707. The van der Waals surface area contributed by atoms with Crippen LogP contribution in [0.5, 0.6) is 11.5 Å². The van der Waals surface area contributed by atoms with E-state index in [1.165, 1.54) is 5.56 Å². The number of halogens is 2. The summed E-state index contributed by atoms with van der Waals surface area (Å²) < 4.78 is 6.00. The molecule has 0 spiro atoms. The van der Waals surface area contributed by atoms with E-state index in [0.717, 1.165) is 22.6 Å². The first kappa shape index (κ1) is 18.4. The highest BCUT2D eigenvalue weighted by Crippen LogP contribution is 2.35. The van der Waals surface area contributed by atoms with E-state index in [0.29, 0.717) is 13.2 Å². The predicted molar refractivity (Wildman–Crippen MR) is 107 cm³/mol. The molecular weight excluding hydrogens is 369 g/mol. The maximum absolute atomic E-state index is 9.65. The summed E-state index contributed by atoms with van der Waals surface area (Å²) in [5, 5.41) is 13.3. The summed E-state index contributed by atoms with van der Waals surface area (Å²) in [6, 6.07) is 19.4. The number of hydrogen-bond acceptors (Lipinski definition) is 3. The lowest BCUT2D eigenvalue weighted by molar-refractivity contribution is 0.303. The van der Waals surface area contributed by atoms with Gasteiger partial charge in [0.25, 0.3) is 0 Å². The van der Waals surface area contributed by atoms with Crippen LogP contribution < -0.4 is 10.1 Å². The number of para-hydroxylation sites is 1. The van der Waals surface area contributed by atoms with Gasteiger partial charge in [0.2, 0.25) is 0 Å². The van der Waals surface area contributed by atoms with Gasteiger partial charge in [-0.2, -0.15) is 0 Å². The third-order valence-corrected chi connectivity index (χ3v) is 4.53. The van der Waals surface area contributed by atoms with Crippen LogP contribution in [0.15, 0.2) is 60.7 Å². The van der Waals surface area contributed by atoms with Crippen molar-refractivity contribution in [2.45, 2.75) is 20.1 Å². The SMILES string of the molecule is Cc1cccc(COc2ccccc2CNc2cc(Cl)c(O)c(Cl)c2)c1. The lowest BCUT2D eigenvalue weighted by Crippen LogP contribution is -2.04. The monoisotopic (exact) mass is 387 g/mol. The van der Waals surface area contributed by atoms with Crippen LogP contribution in [0.3, 0.4) is 0 Å². The Kier molecular flexibility index (Phi) is 5.92. The molecule has 2 N–H and O–H groups in total. The molecule has 0 atom stereocenters. The molecule has 0 aliphatic heterocycles. The van der Waals surface area contributed by atoms with E-state index in [1.807, 2.05) is 36.4 Å². The van der Waals surface area contributed by atoms with Gasteiger partial charge in [0, 0.05) is 17.8 Å². The van der Waals surface area contributed by atoms with Gasteiger partial charge in [0.1, 0.15) is 12.4 Å². The number of benzene rings is 3. The zero-order chi connectivity index (χ0) is 18.5. The highest BCUT2D eigenvalue weighted by Gasteiger charge is 2.08. The van der Waals surface area contributed by atoms with E-state index in [-0.39, 0.29) is 15.8 Å². The lowest BCUT2D eigenvalue weighted by atomic mass is 10.1. The fourth-order valence-corrected chi connectivity index (χ4v) is 3.11. The molecule has 0 radical (unpaired) electrons. The molecule has 0 saturated heterocycles. The molecule has 3 nitrogen and oxygen atoms in total. The van der Waals surface area contributed by atoms with Crippen molar-refractivity contribution >= 4 is 28.9 Å². The molecule has 0 aliphatic carbocycles.